The highest BCUT2D eigenvalue weighted by molar-refractivity contribution is 6.28. The number of piperidine rings is 2. The van der Waals surface area contributed by atoms with Crippen molar-refractivity contribution in [2.24, 2.45) is 0 Å². The van der Waals surface area contributed by atoms with Gasteiger partial charge in [-0.2, -0.15) is 29.9 Å². The average Bonchev–Trinajstić information content (AvgIpc) is 3.01. The van der Waals surface area contributed by atoms with Crippen molar-refractivity contribution < 1.29 is 5.11 Å². The zero-order chi connectivity index (χ0) is 40.8. The number of aromatic nitrogens is 6. The Kier molecular flexibility index (Phi) is 15.6. The number of hydrogen-bond donors (Lipinski definition) is 4. The molecule has 2 aliphatic rings. The van der Waals surface area contributed by atoms with Crippen LogP contribution in [0.4, 0.5) is 23.8 Å². The third kappa shape index (κ3) is 14.2. The first-order valence-corrected chi connectivity index (χ1v) is 20.7. The van der Waals surface area contributed by atoms with E-state index in [2.05, 4.69) is 139 Å². The van der Waals surface area contributed by atoms with Crippen LogP contribution in [-0.2, 0) is 0 Å². The van der Waals surface area contributed by atoms with Gasteiger partial charge in [-0.15, -0.1) is 0 Å². The van der Waals surface area contributed by atoms with Gasteiger partial charge in [0.05, 0.1) is 6.61 Å². The minimum Gasteiger partial charge on any atom is -0.395 e. The Morgan fingerprint density at radius 1 is 0.582 bits per heavy atom. The van der Waals surface area contributed by atoms with E-state index < -0.39 is 0 Å². The summed E-state index contributed by atoms with van der Waals surface area (Å²) in [7, 11) is 8.35. The van der Waals surface area contributed by atoms with Crippen molar-refractivity contribution in [2.75, 3.05) is 101 Å². The Hall–Kier alpha value is -2.40. The molecule has 0 aliphatic carbocycles. The fraction of sp³-hybridized carbons (Fsp3) is 0.842. The molecule has 0 amide bonds. The van der Waals surface area contributed by atoms with Crippen LogP contribution >= 0.6 is 23.2 Å². The first-order valence-electron chi connectivity index (χ1n) is 19.9. The third-order valence-electron chi connectivity index (χ3n) is 10.2. The summed E-state index contributed by atoms with van der Waals surface area (Å²) in [5, 5.41) is 21.4. The lowest BCUT2D eigenvalue weighted by Gasteiger charge is -2.49. The molecule has 2 aliphatic heterocycles. The van der Waals surface area contributed by atoms with Gasteiger partial charge < -0.3 is 45.6 Å². The third-order valence-corrected chi connectivity index (χ3v) is 10.6. The molecule has 0 saturated carbocycles. The number of nitrogens with zero attached hydrogens (tertiary/aromatic N) is 11. The highest BCUT2D eigenvalue weighted by atomic mass is 35.5. The van der Waals surface area contributed by atoms with Gasteiger partial charge in [-0.25, -0.2) is 0 Å². The van der Waals surface area contributed by atoms with Crippen molar-refractivity contribution >= 4 is 47.0 Å². The minimum absolute atomic E-state index is 0.0535. The Morgan fingerprint density at radius 3 is 1.44 bits per heavy atom. The maximum Gasteiger partial charge on any atom is 0.231 e. The first-order chi connectivity index (χ1) is 25.6. The summed E-state index contributed by atoms with van der Waals surface area (Å²) in [6.45, 7) is 22.6. The summed E-state index contributed by atoms with van der Waals surface area (Å²) in [5.41, 5.74) is -0.241. The van der Waals surface area contributed by atoms with Crippen LogP contribution in [0.3, 0.4) is 0 Å². The molecule has 312 valence electrons. The second kappa shape index (κ2) is 18.9. The van der Waals surface area contributed by atoms with Crippen LogP contribution in [0, 0.1) is 0 Å². The molecule has 0 bridgehead atoms. The highest BCUT2D eigenvalue weighted by Gasteiger charge is 2.42. The molecule has 0 unspecified atom stereocenters. The molecule has 4 rings (SSSR count). The molecule has 4 heterocycles. The molecule has 2 saturated heterocycles. The summed E-state index contributed by atoms with van der Waals surface area (Å²) < 4.78 is 0. The van der Waals surface area contributed by atoms with E-state index in [0.29, 0.717) is 43.4 Å². The quantitative estimate of drug-likeness (QED) is 0.159. The Morgan fingerprint density at radius 2 is 1.00 bits per heavy atom. The molecule has 2 aromatic heterocycles. The number of hydrogen-bond acceptors (Lipinski definition) is 15. The van der Waals surface area contributed by atoms with E-state index in [-0.39, 0.29) is 51.4 Å². The second-order valence-electron chi connectivity index (χ2n) is 18.7. The van der Waals surface area contributed by atoms with Crippen LogP contribution in [0.5, 0.6) is 0 Å². The second-order valence-corrected chi connectivity index (χ2v) is 19.4. The van der Waals surface area contributed by atoms with E-state index in [4.69, 9.17) is 33.2 Å². The van der Waals surface area contributed by atoms with Gasteiger partial charge in [0.2, 0.25) is 34.4 Å². The molecule has 4 N–H and O–H groups in total. The fourth-order valence-electron chi connectivity index (χ4n) is 8.87. The Balaban J connectivity index is 1.56. The lowest BCUT2D eigenvalue weighted by molar-refractivity contribution is 0.157. The summed E-state index contributed by atoms with van der Waals surface area (Å²) in [5.74, 6) is 1.92. The predicted molar refractivity (Wildman–Crippen MR) is 227 cm³/mol. The Bertz CT molecular complexity index is 1490. The fourth-order valence-corrected chi connectivity index (χ4v) is 9.17. The highest BCUT2D eigenvalue weighted by Crippen LogP contribution is 2.35. The van der Waals surface area contributed by atoms with Crippen molar-refractivity contribution in [1.82, 2.24) is 50.3 Å². The zero-order valence-corrected chi connectivity index (χ0v) is 37.2. The molecule has 2 fully saturated rings. The maximum atomic E-state index is 10.1. The van der Waals surface area contributed by atoms with Crippen LogP contribution < -0.4 is 30.7 Å². The summed E-state index contributed by atoms with van der Waals surface area (Å²) >= 11 is 13.2. The molecular formula is C38H70Cl2N14O. The van der Waals surface area contributed by atoms with Gasteiger partial charge >= 0.3 is 0 Å². The van der Waals surface area contributed by atoms with Crippen LogP contribution in [0.2, 0.25) is 10.6 Å². The van der Waals surface area contributed by atoms with Gasteiger partial charge in [-0.05, 0) is 158 Å². The molecule has 17 heteroatoms. The van der Waals surface area contributed by atoms with Crippen LogP contribution in [0.15, 0.2) is 0 Å². The van der Waals surface area contributed by atoms with Crippen molar-refractivity contribution in [3.8, 4) is 0 Å². The SMILES string of the molecule is CN(C)CCCN(c1nc(Cl)nc(NCCN(CCO)c2nc(Cl)nc(N(CCCN(C)C)C3CC(C)(C)NC(C)(C)C3)n2)n1)C1CC(C)(C)NC(C)(C)C1. The zero-order valence-electron chi connectivity index (χ0n) is 35.7. The van der Waals surface area contributed by atoms with E-state index in [1.807, 2.05) is 4.90 Å². The number of nitrogens with one attached hydrogen (secondary N) is 3. The Labute approximate surface area is 340 Å². The van der Waals surface area contributed by atoms with Crippen LogP contribution in [-0.4, -0.2) is 160 Å². The van der Waals surface area contributed by atoms with E-state index in [0.717, 1.165) is 64.7 Å². The molecule has 0 aromatic carbocycles. The number of aliphatic hydroxyl groups is 1. The van der Waals surface area contributed by atoms with Gasteiger partial charge in [0.1, 0.15) is 0 Å². The van der Waals surface area contributed by atoms with Gasteiger partial charge in [-0.3, -0.25) is 0 Å². The van der Waals surface area contributed by atoms with Gasteiger partial charge in [0, 0.05) is 67.0 Å². The molecule has 0 atom stereocenters. The molecular weight excluding hydrogens is 739 g/mol. The average molecular weight is 810 g/mol. The van der Waals surface area contributed by atoms with E-state index >= 15 is 0 Å². The molecule has 2 aromatic rings. The largest absolute Gasteiger partial charge is 0.395 e. The predicted octanol–water partition coefficient (Wildman–Crippen LogP) is 4.41. The van der Waals surface area contributed by atoms with Gasteiger partial charge in [0.15, 0.2) is 0 Å². The molecule has 0 radical (unpaired) electrons. The topological polar surface area (TPSA) is 150 Å². The summed E-state index contributed by atoms with van der Waals surface area (Å²) in [6, 6.07) is 0.409. The number of halogens is 2. The van der Waals surface area contributed by atoms with E-state index in [9.17, 15) is 5.11 Å². The standard InChI is InChI=1S/C38H70Cl2N14O/c1-35(2)23-27(24-36(3,4)48-35)53(18-13-16-50(9)10)33-44-29(39)42-31(46-33)41-15-20-52(21-22-55)32-43-30(40)45-34(47-32)54(19-14-17-51(11)12)28-25-37(5,6)49-38(7,8)26-28/h27-28,48-49,55H,13-26H2,1-12H3,(H,41,42,44,46). The number of aliphatic hydroxyl groups excluding tert-OH is 1. The van der Waals surface area contributed by atoms with Crippen molar-refractivity contribution in [3.63, 3.8) is 0 Å². The van der Waals surface area contributed by atoms with E-state index in [1.165, 1.54) is 0 Å². The van der Waals surface area contributed by atoms with Crippen molar-refractivity contribution in [3.05, 3.63) is 10.6 Å². The van der Waals surface area contributed by atoms with Gasteiger partial charge in [-0.1, -0.05) is 0 Å². The van der Waals surface area contributed by atoms with Crippen molar-refractivity contribution in [1.29, 1.82) is 0 Å². The van der Waals surface area contributed by atoms with E-state index in [1.54, 1.807) is 0 Å². The number of anilines is 4. The molecule has 55 heavy (non-hydrogen) atoms. The number of rotatable bonds is 19. The summed E-state index contributed by atoms with van der Waals surface area (Å²) in [6.07, 6.45) is 5.64. The first kappa shape index (κ1) is 45.3. The monoisotopic (exact) mass is 809 g/mol. The lowest BCUT2D eigenvalue weighted by atomic mass is 9.79. The van der Waals surface area contributed by atoms with Crippen molar-refractivity contribution in [2.45, 2.75) is 128 Å². The lowest BCUT2D eigenvalue weighted by Crippen LogP contribution is -2.62. The molecule has 0 spiro atoms. The minimum atomic E-state index is -0.0888. The van der Waals surface area contributed by atoms with Crippen LogP contribution in [0.1, 0.15) is 93.9 Å². The maximum absolute atomic E-state index is 10.1. The van der Waals surface area contributed by atoms with Gasteiger partial charge in [0.25, 0.3) is 0 Å². The van der Waals surface area contributed by atoms with Crippen LogP contribution in [0.25, 0.3) is 0 Å². The molecule has 15 nitrogen and oxygen atoms in total. The smallest absolute Gasteiger partial charge is 0.231 e. The normalized spacial score (nSPS) is 19.5. The summed E-state index contributed by atoms with van der Waals surface area (Å²) in [4.78, 5) is 39.2.